The van der Waals surface area contributed by atoms with Gasteiger partial charge in [0.1, 0.15) is 0 Å². The largest absolute Gasteiger partial charge is 0.493 e. The SMILES string of the molecule is CCCOc1ccc(/C=N\NC(=O)C(=O)Nc2c(C)cccc2C)cc1OC. The smallest absolute Gasteiger partial charge is 0.329 e. The molecule has 28 heavy (non-hydrogen) atoms. The molecule has 0 aliphatic rings. The van der Waals surface area contributed by atoms with E-state index in [4.69, 9.17) is 9.47 Å². The van der Waals surface area contributed by atoms with Gasteiger partial charge in [0.2, 0.25) is 0 Å². The predicted molar refractivity (Wildman–Crippen MR) is 109 cm³/mol. The predicted octanol–water partition coefficient (Wildman–Crippen LogP) is 3.19. The van der Waals surface area contributed by atoms with Gasteiger partial charge in [-0.15, -0.1) is 0 Å². The van der Waals surface area contributed by atoms with Crippen molar-refractivity contribution in [2.24, 2.45) is 5.10 Å². The van der Waals surface area contributed by atoms with Crippen LogP contribution in [0.25, 0.3) is 0 Å². The molecule has 0 saturated carbocycles. The summed E-state index contributed by atoms with van der Waals surface area (Å²) in [7, 11) is 1.55. The molecule has 2 amide bonds. The molecule has 0 heterocycles. The Morgan fingerprint density at radius 2 is 1.79 bits per heavy atom. The third kappa shape index (κ3) is 5.57. The summed E-state index contributed by atoms with van der Waals surface area (Å²) in [6.45, 7) is 6.34. The maximum absolute atomic E-state index is 12.1. The van der Waals surface area contributed by atoms with E-state index in [2.05, 4.69) is 15.8 Å². The molecule has 0 aliphatic heterocycles. The van der Waals surface area contributed by atoms with Gasteiger partial charge in [0.05, 0.1) is 19.9 Å². The lowest BCUT2D eigenvalue weighted by Gasteiger charge is -2.10. The molecule has 0 bridgehead atoms. The molecule has 148 valence electrons. The van der Waals surface area contributed by atoms with Crippen molar-refractivity contribution in [2.75, 3.05) is 19.0 Å². The Balaban J connectivity index is 1.98. The molecular weight excluding hydrogens is 358 g/mol. The van der Waals surface area contributed by atoms with E-state index in [-0.39, 0.29) is 0 Å². The monoisotopic (exact) mass is 383 g/mol. The van der Waals surface area contributed by atoms with E-state index in [0.717, 1.165) is 17.5 Å². The molecule has 0 radical (unpaired) electrons. The summed E-state index contributed by atoms with van der Waals surface area (Å²) in [5, 5.41) is 6.45. The second-order valence-electron chi connectivity index (χ2n) is 6.18. The number of hydrogen-bond acceptors (Lipinski definition) is 5. The van der Waals surface area contributed by atoms with Crippen molar-refractivity contribution >= 4 is 23.7 Å². The van der Waals surface area contributed by atoms with Crippen molar-refractivity contribution < 1.29 is 19.1 Å². The lowest BCUT2D eigenvalue weighted by Crippen LogP contribution is -2.32. The fourth-order valence-electron chi connectivity index (χ4n) is 2.49. The lowest BCUT2D eigenvalue weighted by atomic mass is 10.1. The average Bonchev–Trinajstić information content (AvgIpc) is 2.69. The molecule has 0 fully saturated rings. The Bertz CT molecular complexity index is 858. The van der Waals surface area contributed by atoms with Crippen LogP contribution in [0, 0.1) is 13.8 Å². The third-order valence-electron chi connectivity index (χ3n) is 3.95. The van der Waals surface area contributed by atoms with Gasteiger partial charge in [-0.05, 0) is 55.2 Å². The number of hydrogen-bond donors (Lipinski definition) is 2. The zero-order valence-electron chi connectivity index (χ0n) is 16.5. The summed E-state index contributed by atoms with van der Waals surface area (Å²) in [6.07, 6.45) is 2.32. The third-order valence-corrected chi connectivity index (χ3v) is 3.95. The number of anilines is 1. The average molecular weight is 383 g/mol. The summed E-state index contributed by atoms with van der Waals surface area (Å²) < 4.78 is 10.9. The second-order valence-corrected chi connectivity index (χ2v) is 6.18. The minimum Gasteiger partial charge on any atom is -0.493 e. The van der Waals surface area contributed by atoms with E-state index < -0.39 is 11.8 Å². The second kappa shape index (κ2) is 10.1. The first-order valence-corrected chi connectivity index (χ1v) is 8.97. The number of ether oxygens (including phenoxy) is 2. The quantitative estimate of drug-likeness (QED) is 0.437. The van der Waals surface area contributed by atoms with E-state index in [1.54, 1.807) is 25.3 Å². The molecule has 0 saturated heterocycles. The molecule has 2 aromatic carbocycles. The van der Waals surface area contributed by atoms with Gasteiger partial charge in [-0.25, -0.2) is 5.43 Å². The van der Waals surface area contributed by atoms with E-state index in [1.165, 1.54) is 6.21 Å². The summed E-state index contributed by atoms with van der Waals surface area (Å²) in [6, 6.07) is 10.9. The fourth-order valence-corrected chi connectivity index (χ4v) is 2.49. The first-order valence-electron chi connectivity index (χ1n) is 8.97. The number of methoxy groups -OCH3 is 1. The first-order chi connectivity index (χ1) is 13.5. The fraction of sp³-hybridized carbons (Fsp3) is 0.286. The van der Waals surface area contributed by atoms with Crippen molar-refractivity contribution in [1.29, 1.82) is 0 Å². The van der Waals surface area contributed by atoms with Crippen LogP contribution in [-0.4, -0.2) is 31.7 Å². The summed E-state index contributed by atoms with van der Waals surface area (Å²) in [4.78, 5) is 24.0. The van der Waals surface area contributed by atoms with Crippen LogP contribution in [0.4, 0.5) is 5.69 Å². The summed E-state index contributed by atoms with van der Waals surface area (Å²) >= 11 is 0. The standard InChI is InChI=1S/C21H25N3O4/c1-5-11-28-17-10-9-16(12-18(17)27-4)13-22-24-21(26)20(25)23-19-14(2)7-6-8-15(19)3/h6-10,12-13H,5,11H2,1-4H3,(H,23,25)(H,24,26)/b22-13-. The van der Waals surface area contributed by atoms with Gasteiger partial charge in [0, 0.05) is 5.69 Å². The number of nitrogens with one attached hydrogen (secondary N) is 2. The number of carbonyl (C=O) groups excluding carboxylic acids is 2. The first kappa shape index (κ1) is 21.0. The normalized spacial score (nSPS) is 10.6. The topological polar surface area (TPSA) is 89.0 Å². The number of para-hydroxylation sites is 1. The molecular formula is C21H25N3O4. The van der Waals surface area contributed by atoms with Gasteiger partial charge < -0.3 is 14.8 Å². The van der Waals surface area contributed by atoms with Crippen molar-refractivity contribution in [1.82, 2.24) is 5.43 Å². The Kier molecular flexibility index (Phi) is 7.56. The van der Waals surface area contributed by atoms with Crippen LogP contribution < -0.4 is 20.2 Å². The molecule has 0 aliphatic carbocycles. The van der Waals surface area contributed by atoms with Gasteiger partial charge in [-0.1, -0.05) is 25.1 Å². The number of rotatable bonds is 7. The Labute approximate surface area is 164 Å². The number of carbonyl (C=O) groups is 2. The molecule has 2 aromatic rings. The van der Waals surface area contributed by atoms with Gasteiger partial charge in [-0.3, -0.25) is 9.59 Å². The highest BCUT2D eigenvalue weighted by molar-refractivity contribution is 6.39. The Morgan fingerprint density at radius 1 is 1.07 bits per heavy atom. The molecule has 7 nitrogen and oxygen atoms in total. The van der Waals surface area contributed by atoms with Gasteiger partial charge >= 0.3 is 11.8 Å². The molecule has 7 heteroatoms. The maximum Gasteiger partial charge on any atom is 0.329 e. The molecule has 2 N–H and O–H groups in total. The molecule has 0 unspecified atom stereocenters. The van der Waals surface area contributed by atoms with Crippen molar-refractivity contribution in [3.05, 3.63) is 53.1 Å². The number of nitrogens with zero attached hydrogens (tertiary/aromatic N) is 1. The number of amides is 2. The van der Waals surface area contributed by atoms with Gasteiger partial charge in [0.25, 0.3) is 0 Å². The minimum absolute atomic E-state index is 0.566. The van der Waals surface area contributed by atoms with Crippen LogP contribution in [0.2, 0.25) is 0 Å². The number of hydrazone groups is 1. The minimum atomic E-state index is -0.853. The summed E-state index contributed by atoms with van der Waals surface area (Å²) in [5.41, 5.74) is 5.29. The number of aryl methyl sites for hydroxylation is 2. The van der Waals surface area contributed by atoms with Crippen LogP contribution in [0.5, 0.6) is 11.5 Å². The Hall–Kier alpha value is -3.35. The molecule has 0 spiro atoms. The van der Waals surface area contributed by atoms with Crippen LogP contribution in [0.15, 0.2) is 41.5 Å². The van der Waals surface area contributed by atoms with Crippen LogP contribution in [0.3, 0.4) is 0 Å². The zero-order chi connectivity index (χ0) is 20.5. The van der Waals surface area contributed by atoms with Crippen LogP contribution in [0.1, 0.15) is 30.0 Å². The molecule has 0 atom stereocenters. The summed E-state index contributed by atoms with van der Waals surface area (Å²) in [5.74, 6) is -0.431. The van der Waals surface area contributed by atoms with Gasteiger partial charge in [-0.2, -0.15) is 5.10 Å². The zero-order valence-corrected chi connectivity index (χ0v) is 16.5. The lowest BCUT2D eigenvalue weighted by molar-refractivity contribution is -0.136. The maximum atomic E-state index is 12.1. The number of benzene rings is 2. The Morgan fingerprint density at radius 3 is 2.43 bits per heavy atom. The van der Waals surface area contributed by atoms with Crippen LogP contribution >= 0.6 is 0 Å². The van der Waals surface area contributed by atoms with E-state index in [9.17, 15) is 9.59 Å². The van der Waals surface area contributed by atoms with Crippen LogP contribution in [-0.2, 0) is 9.59 Å². The van der Waals surface area contributed by atoms with Crippen molar-refractivity contribution in [2.45, 2.75) is 27.2 Å². The van der Waals surface area contributed by atoms with E-state index >= 15 is 0 Å². The molecule has 2 rings (SSSR count). The highest BCUT2D eigenvalue weighted by Gasteiger charge is 2.15. The van der Waals surface area contributed by atoms with E-state index in [1.807, 2.05) is 39.0 Å². The van der Waals surface area contributed by atoms with Crippen molar-refractivity contribution in [3.63, 3.8) is 0 Å². The highest BCUT2D eigenvalue weighted by Crippen LogP contribution is 2.27. The van der Waals surface area contributed by atoms with E-state index in [0.29, 0.717) is 29.4 Å². The highest BCUT2D eigenvalue weighted by atomic mass is 16.5. The van der Waals surface area contributed by atoms with Gasteiger partial charge in [0.15, 0.2) is 11.5 Å². The molecule has 0 aromatic heterocycles. The van der Waals surface area contributed by atoms with Crippen molar-refractivity contribution in [3.8, 4) is 11.5 Å².